The predicted octanol–water partition coefficient (Wildman–Crippen LogP) is 3.06. The fourth-order valence-corrected chi connectivity index (χ4v) is 3.15. The van der Waals surface area contributed by atoms with Crippen molar-refractivity contribution in [1.82, 2.24) is 5.32 Å². The highest BCUT2D eigenvalue weighted by Crippen LogP contribution is 2.17. The van der Waals surface area contributed by atoms with Crippen LogP contribution in [0.25, 0.3) is 0 Å². The number of carbonyl (C=O) groups excluding carboxylic acids is 2. The summed E-state index contributed by atoms with van der Waals surface area (Å²) in [7, 11) is -3.62. The van der Waals surface area contributed by atoms with Crippen LogP contribution < -0.4 is 9.50 Å². The number of nitrogens with one attached hydrogen (secondary N) is 1. The summed E-state index contributed by atoms with van der Waals surface area (Å²) in [5, 5.41) is 2.60. The summed E-state index contributed by atoms with van der Waals surface area (Å²) in [4.78, 5) is 24.5. The molecule has 8 nitrogen and oxygen atoms in total. The summed E-state index contributed by atoms with van der Waals surface area (Å²) < 4.78 is 37.7. The molecule has 0 aliphatic carbocycles. The number of carbonyl (C=O) groups is 2. The Hall–Kier alpha value is -3.07. The van der Waals surface area contributed by atoms with Gasteiger partial charge in [0.05, 0.1) is 18.3 Å². The first-order valence-electron chi connectivity index (χ1n) is 9.76. The largest absolute Gasteiger partial charge is 0.463 e. The van der Waals surface area contributed by atoms with Gasteiger partial charge in [-0.05, 0) is 43.5 Å². The van der Waals surface area contributed by atoms with Gasteiger partial charge in [0, 0.05) is 6.54 Å². The van der Waals surface area contributed by atoms with E-state index in [9.17, 15) is 18.0 Å². The maximum Gasteiger partial charge on any atom is 0.407 e. The Balaban J connectivity index is 1.96. The molecule has 0 aliphatic rings. The molecule has 0 bridgehead atoms. The molecular weight excluding hydrogens is 422 g/mol. The molecule has 0 radical (unpaired) electrons. The van der Waals surface area contributed by atoms with E-state index >= 15 is 0 Å². The van der Waals surface area contributed by atoms with Gasteiger partial charge in [-0.1, -0.05) is 42.5 Å². The number of esters is 1. The van der Waals surface area contributed by atoms with Crippen LogP contribution in [0, 0.1) is 5.92 Å². The van der Waals surface area contributed by atoms with Crippen LogP contribution in [0.3, 0.4) is 0 Å². The van der Waals surface area contributed by atoms with Crippen LogP contribution in [0.5, 0.6) is 5.75 Å². The summed E-state index contributed by atoms with van der Waals surface area (Å²) in [6.07, 6.45) is 0.305. The van der Waals surface area contributed by atoms with Gasteiger partial charge in [-0.15, -0.1) is 0 Å². The molecular formula is C22H27NO7S. The number of ether oxygens (including phenoxy) is 2. The molecule has 0 spiro atoms. The SMILES string of the molecule is CC(C)OC(=O)C(CNC(=O)OCc1ccccc1)Cc1ccc(OS(C)(=O)=O)cc1. The zero-order valence-corrected chi connectivity index (χ0v) is 18.6. The molecule has 1 unspecified atom stereocenters. The van der Waals surface area contributed by atoms with Crippen molar-refractivity contribution < 1.29 is 31.7 Å². The van der Waals surface area contributed by atoms with E-state index in [2.05, 4.69) is 5.32 Å². The van der Waals surface area contributed by atoms with Crippen LogP contribution in [0.15, 0.2) is 54.6 Å². The molecule has 2 aromatic rings. The topological polar surface area (TPSA) is 108 Å². The van der Waals surface area contributed by atoms with Gasteiger partial charge in [-0.25, -0.2) is 4.79 Å². The molecule has 0 saturated heterocycles. The molecule has 0 heterocycles. The first-order valence-corrected chi connectivity index (χ1v) is 11.6. The number of hydrogen-bond donors (Lipinski definition) is 1. The third-order valence-corrected chi connectivity index (χ3v) is 4.54. The molecule has 0 saturated carbocycles. The molecule has 2 aromatic carbocycles. The maximum absolute atomic E-state index is 12.5. The number of rotatable bonds is 10. The molecule has 1 amide bonds. The Morgan fingerprint density at radius 2 is 1.61 bits per heavy atom. The summed E-state index contributed by atoms with van der Waals surface area (Å²) >= 11 is 0. The van der Waals surface area contributed by atoms with Crippen molar-refractivity contribution in [3.63, 3.8) is 0 Å². The van der Waals surface area contributed by atoms with Crippen LogP contribution in [0.2, 0.25) is 0 Å². The van der Waals surface area contributed by atoms with Crippen molar-refractivity contribution >= 4 is 22.2 Å². The molecule has 0 aliphatic heterocycles. The van der Waals surface area contributed by atoms with E-state index in [1.807, 2.05) is 30.3 Å². The number of hydrogen-bond acceptors (Lipinski definition) is 7. The van der Waals surface area contributed by atoms with Crippen LogP contribution >= 0.6 is 0 Å². The Morgan fingerprint density at radius 3 is 2.19 bits per heavy atom. The van der Waals surface area contributed by atoms with Crippen molar-refractivity contribution in [3.8, 4) is 5.75 Å². The number of amides is 1. The monoisotopic (exact) mass is 449 g/mol. The highest BCUT2D eigenvalue weighted by Gasteiger charge is 2.23. The van der Waals surface area contributed by atoms with Crippen molar-refractivity contribution in [2.24, 2.45) is 5.92 Å². The third-order valence-electron chi connectivity index (χ3n) is 4.04. The van der Waals surface area contributed by atoms with E-state index in [1.165, 1.54) is 12.1 Å². The number of alkyl carbamates (subject to hydrolysis) is 1. The van der Waals surface area contributed by atoms with E-state index in [0.29, 0.717) is 0 Å². The van der Waals surface area contributed by atoms with Gasteiger partial charge >= 0.3 is 22.2 Å². The summed E-state index contributed by atoms with van der Waals surface area (Å²) in [6, 6.07) is 15.6. The van der Waals surface area contributed by atoms with Crippen molar-refractivity contribution in [1.29, 1.82) is 0 Å². The molecule has 2 rings (SSSR count). The second-order valence-corrected chi connectivity index (χ2v) is 8.84. The average Bonchev–Trinajstić information content (AvgIpc) is 2.70. The lowest BCUT2D eigenvalue weighted by Crippen LogP contribution is -2.36. The zero-order chi connectivity index (χ0) is 22.9. The fraction of sp³-hybridized carbons (Fsp3) is 0.364. The van der Waals surface area contributed by atoms with E-state index in [0.717, 1.165) is 17.4 Å². The smallest absolute Gasteiger partial charge is 0.407 e. The Bertz CT molecular complexity index is 957. The van der Waals surface area contributed by atoms with E-state index in [-0.39, 0.29) is 31.4 Å². The highest BCUT2D eigenvalue weighted by molar-refractivity contribution is 7.86. The van der Waals surface area contributed by atoms with Gasteiger partial charge in [0.1, 0.15) is 12.4 Å². The average molecular weight is 450 g/mol. The number of benzene rings is 2. The standard InChI is InChI=1S/C22H27NO7S/c1-16(2)29-21(24)19(13-17-9-11-20(12-10-17)30-31(3,26)27)14-23-22(25)28-15-18-7-5-4-6-8-18/h4-12,16,19H,13-15H2,1-3H3,(H,23,25). The summed E-state index contributed by atoms with van der Waals surface area (Å²) in [6.45, 7) is 3.64. The Kier molecular flexibility index (Phi) is 8.87. The predicted molar refractivity (Wildman–Crippen MR) is 115 cm³/mol. The van der Waals surface area contributed by atoms with E-state index in [4.69, 9.17) is 13.7 Å². The summed E-state index contributed by atoms with van der Waals surface area (Å²) in [5.74, 6) is -0.918. The fourth-order valence-electron chi connectivity index (χ4n) is 2.69. The normalized spacial score (nSPS) is 12.1. The first kappa shape index (κ1) is 24.2. The summed E-state index contributed by atoms with van der Waals surface area (Å²) in [5.41, 5.74) is 1.61. The van der Waals surface area contributed by atoms with Gasteiger partial charge in [0.15, 0.2) is 0 Å². The lowest BCUT2D eigenvalue weighted by Gasteiger charge is -2.18. The van der Waals surface area contributed by atoms with Gasteiger partial charge < -0.3 is 19.0 Å². The molecule has 9 heteroatoms. The van der Waals surface area contributed by atoms with Crippen molar-refractivity contribution in [3.05, 3.63) is 65.7 Å². The highest BCUT2D eigenvalue weighted by atomic mass is 32.2. The third kappa shape index (κ3) is 9.52. The van der Waals surface area contributed by atoms with Gasteiger partial charge in [-0.2, -0.15) is 8.42 Å². The minimum absolute atomic E-state index is 0.0285. The Labute approximate surface area is 182 Å². The molecule has 0 aromatic heterocycles. The van der Waals surface area contributed by atoms with E-state index in [1.54, 1.807) is 26.0 Å². The van der Waals surface area contributed by atoms with Crippen LogP contribution in [-0.4, -0.2) is 39.4 Å². The lowest BCUT2D eigenvalue weighted by molar-refractivity contribution is -0.152. The second kappa shape index (κ2) is 11.4. The molecule has 1 atom stereocenters. The van der Waals surface area contributed by atoms with Crippen LogP contribution in [0.1, 0.15) is 25.0 Å². The Morgan fingerprint density at radius 1 is 0.968 bits per heavy atom. The zero-order valence-electron chi connectivity index (χ0n) is 17.7. The van der Waals surface area contributed by atoms with Crippen molar-refractivity contribution in [2.75, 3.05) is 12.8 Å². The minimum Gasteiger partial charge on any atom is -0.463 e. The molecule has 31 heavy (non-hydrogen) atoms. The maximum atomic E-state index is 12.5. The minimum atomic E-state index is -3.62. The second-order valence-electron chi connectivity index (χ2n) is 7.26. The van der Waals surface area contributed by atoms with Crippen molar-refractivity contribution in [2.45, 2.75) is 33.0 Å². The lowest BCUT2D eigenvalue weighted by atomic mass is 9.99. The van der Waals surface area contributed by atoms with E-state index < -0.39 is 28.1 Å². The van der Waals surface area contributed by atoms with Gasteiger partial charge in [0.25, 0.3) is 0 Å². The molecule has 168 valence electrons. The molecule has 0 fully saturated rings. The first-order chi connectivity index (χ1) is 14.6. The van der Waals surface area contributed by atoms with Crippen LogP contribution in [0.4, 0.5) is 4.79 Å². The molecule has 1 N–H and O–H groups in total. The van der Waals surface area contributed by atoms with Crippen LogP contribution in [-0.2, 0) is 37.4 Å². The van der Waals surface area contributed by atoms with Gasteiger partial charge in [-0.3, -0.25) is 4.79 Å². The quantitative estimate of drug-likeness (QED) is 0.439. The van der Waals surface area contributed by atoms with Gasteiger partial charge in [0.2, 0.25) is 0 Å².